The lowest BCUT2D eigenvalue weighted by atomic mass is 9.84. The second kappa shape index (κ2) is 7.60. The molecule has 1 aromatic rings. The first-order chi connectivity index (χ1) is 9.70. The minimum absolute atomic E-state index is 0.449. The summed E-state index contributed by atoms with van der Waals surface area (Å²) in [7, 11) is 0. The Hall–Kier alpha value is -1.13. The summed E-state index contributed by atoms with van der Waals surface area (Å²) >= 11 is 0. The van der Waals surface area contributed by atoms with E-state index in [9.17, 15) is 0 Å². The molecule has 20 heavy (non-hydrogen) atoms. The molecule has 1 fully saturated rings. The number of likely N-dealkylation sites (tertiary alicyclic amines) is 1. The third kappa shape index (κ3) is 4.18. The number of piperidine rings is 1. The van der Waals surface area contributed by atoms with Gasteiger partial charge in [-0.25, -0.2) is 0 Å². The summed E-state index contributed by atoms with van der Waals surface area (Å²) in [5.74, 6) is 1.97. The van der Waals surface area contributed by atoms with Crippen molar-refractivity contribution in [2.24, 2.45) is 17.6 Å². The fourth-order valence-corrected chi connectivity index (χ4v) is 2.94. The van der Waals surface area contributed by atoms with E-state index in [0.717, 1.165) is 5.75 Å². The van der Waals surface area contributed by atoms with E-state index in [4.69, 9.17) is 10.5 Å². The van der Waals surface area contributed by atoms with Crippen molar-refractivity contribution in [1.82, 2.24) is 9.88 Å². The van der Waals surface area contributed by atoms with Crippen molar-refractivity contribution in [2.75, 3.05) is 26.2 Å². The molecule has 1 unspecified atom stereocenters. The Labute approximate surface area is 122 Å². The molecule has 0 spiro atoms. The Balaban J connectivity index is 1.80. The van der Waals surface area contributed by atoms with E-state index in [1.54, 1.807) is 12.4 Å². The number of rotatable bonds is 6. The summed E-state index contributed by atoms with van der Waals surface area (Å²) in [6, 6.07) is 4.49. The van der Waals surface area contributed by atoms with E-state index in [1.807, 2.05) is 12.1 Å². The molecule has 0 saturated carbocycles. The van der Waals surface area contributed by atoms with E-state index in [0.29, 0.717) is 31.0 Å². The predicted molar refractivity (Wildman–Crippen MR) is 81.7 cm³/mol. The Morgan fingerprint density at radius 3 is 2.70 bits per heavy atom. The zero-order valence-corrected chi connectivity index (χ0v) is 12.7. The predicted octanol–water partition coefficient (Wildman–Crippen LogP) is 2.16. The van der Waals surface area contributed by atoms with E-state index in [-0.39, 0.29) is 0 Å². The Kier molecular flexibility index (Phi) is 5.80. The van der Waals surface area contributed by atoms with Gasteiger partial charge in [-0.3, -0.25) is 4.98 Å². The van der Waals surface area contributed by atoms with E-state index in [1.165, 1.54) is 25.9 Å². The van der Waals surface area contributed by atoms with Gasteiger partial charge in [0.15, 0.2) is 0 Å². The monoisotopic (exact) mass is 277 g/mol. The van der Waals surface area contributed by atoms with Gasteiger partial charge in [-0.05, 0) is 64.4 Å². The molecule has 1 aromatic heterocycles. The number of pyridine rings is 1. The maximum Gasteiger partial charge on any atom is 0.137 e. The van der Waals surface area contributed by atoms with E-state index < -0.39 is 0 Å². The van der Waals surface area contributed by atoms with Crippen LogP contribution in [0.5, 0.6) is 5.75 Å². The van der Waals surface area contributed by atoms with Crippen molar-refractivity contribution in [3.8, 4) is 5.75 Å². The summed E-state index contributed by atoms with van der Waals surface area (Å²) in [4.78, 5) is 6.62. The van der Waals surface area contributed by atoms with Crippen molar-refractivity contribution in [2.45, 2.75) is 32.7 Å². The van der Waals surface area contributed by atoms with Crippen molar-refractivity contribution in [3.05, 3.63) is 24.5 Å². The zero-order chi connectivity index (χ0) is 14.4. The highest BCUT2D eigenvalue weighted by atomic mass is 16.5. The van der Waals surface area contributed by atoms with Crippen LogP contribution in [0.2, 0.25) is 0 Å². The molecular formula is C16H27N3O. The second-order valence-electron chi connectivity index (χ2n) is 5.96. The molecule has 1 saturated heterocycles. The summed E-state index contributed by atoms with van der Waals surface area (Å²) in [6.07, 6.45) is 5.98. The summed E-state index contributed by atoms with van der Waals surface area (Å²) in [6.45, 7) is 8.32. The molecule has 4 heteroatoms. The molecule has 1 aliphatic heterocycles. The Bertz CT molecular complexity index is 375. The molecule has 0 amide bonds. The SMILES string of the molecule is CC(C)N1CCC(C(CN)COc2cccnc2)CC1. The molecule has 1 aliphatic rings. The molecule has 0 bridgehead atoms. The van der Waals surface area contributed by atoms with Crippen LogP contribution in [0.25, 0.3) is 0 Å². The van der Waals surface area contributed by atoms with Crippen LogP contribution in [-0.2, 0) is 0 Å². The summed E-state index contributed by atoms with van der Waals surface area (Å²) in [5, 5.41) is 0. The molecule has 2 heterocycles. The standard InChI is InChI=1S/C16H27N3O/c1-13(2)19-8-5-14(6-9-19)15(10-17)12-20-16-4-3-7-18-11-16/h3-4,7,11,13-15H,5-6,8-10,12,17H2,1-2H3. The van der Waals surface area contributed by atoms with Crippen LogP contribution in [0.3, 0.4) is 0 Å². The molecule has 1 atom stereocenters. The number of nitrogens with zero attached hydrogens (tertiary/aromatic N) is 2. The first-order valence-electron chi connectivity index (χ1n) is 7.67. The molecule has 0 aromatic carbocycles. The number of hydrogen-bond acceptors (Lipinski definition) is 4. The lowest BCUT2D eigenvalue weighted by molar-refractivity contribution is 0.101. The molecule has 0 radical (unpaired) electrons. The first kappa shape index (κ1) is 15.3. The summed E-state index contributed by atoms with van der Waals surface area (Å²) < 4.78 is 5.83. The van der Waals surface area contributed by atoms with Crippen LogP contribution in [0, 0.1) is 11.8 Å². The maximum absolute atomic E-state index is 5.95. The average Bonchev–Trinajstić information content (AvgIpc) is 2.49. The minimum atomic E-state index is 0.449. The third-order valence-electron chi connectivity index (χ3n) is 4.37. The largest absolute Gasteiger partial charge is 0.492 e. The average molecular weight is 277 g/mol. The van der Waals surface area contributed by atoms with Crippen molar-refractivity contribution >= 4 is 0 Å². The van der Waals surface area contributed by atoms with Gasteiger partial charge < -0.3 is 15.4 Å². The molecule has 4 nitrogen and oxygen atoms in total. The van der Waals surface area contributed by atoms with Gasteiger partial charge in [0.05, 0.1) is 12.8 Å². The van der Waals surface area contributed by atoms with Crippen LogP contribution in [0.1, 0.15) is 26.7 Å². The summed E-state index contributed by atoms with van der Waals surface area (Å²) in [5.41, 5.74) is 5.95. The highest BCUT2D eigenvalue weighted by Gasteiger charge is 2.27. The van der Waals surface area contributed by atoms with Crippen LogP contribution in [0.4, 0.5) is 0 Å². The quantitative estimate of drug-likeness (QED) is 0.865. The third-order valence-corrected chi connectivity index (χ3v) is 4.37. The van der Waals surface area contributed by atoms with Crippen molar-refractivity contribution in [3.63, 3.8) is 0 Å². The van der Waals surface area contributed by atoms with Crippen LogP contribution >= 0.6 is 0 Å². The number of ether oxygens (including phenoxy) is 1. The van der Waals surface area contributed by atoms with Gasteiger partial charge in [-0.1, -0.05) is 0 Å². The molecule has 112 valence electrons. The number of hydrogen-bond donors (Lipinski definition) is 1. The van der Waals surface area contributed by atoms with Crippen molar-refractivity contribution < 1.29 is 4.74 Å². The van der Waals surface area contributed by atoms with Gasteiger partial charge in [0, 0.05) is 18.2 Å². The van der Waals surface area contributed by atoms with Gasteiger partial charge >= 0.3 is 0 Å². The van der Waals surface area contributed by atoms with Gasteiger partial charge in [-0.2, -0.15) is 0 Å². The zero-order valence-electron chi connectivity index (χ0n) is 12.7. The normalized spacial score (nSPS) is 19.2. The molecular weight excluding hydrogens is 250 g/mol. The van der Waals surface area contributed by atoms with Gasteiger partial charge in [0.1, 0.15) is 5.75 Å². The Morgan fingerprint density at radius 1 is 1.40 bits per heavy atom. The molecule has 2 N–H and O–H groups in total. The first-order valence-corrected chi connectivity index (χ1v) is 7.67. The fraction of sp³-hybridized carbons (Fsp3) is 0.688. The van der Waals surface area contributed by atoms with Crippen LogP contribution in [0.15, 0.2) is 24.5 Å². The number of aromatic nitrogens is 1. The highest BCUT2D eigenvalue weighted by Crippen LogP contribution is 2.26. The van der Waals surface area contributed by atoms with Crippen molar-refractivity contribution in [1.29, 1.82) is 0 Å². The van der Waals surface area contributed by atoms with Crippen LogP contribution in [-0.4, -0.2) is 42.2 Å². The number of nitrogens with two attached hydrogens (primary N) is 1. The fourth-order valence-electron chi connectivity index (χ4n) is 2.94. The lowest BCUT2D eigenvalue weighted by Crippen LogP contribution is -2.42. The molecule has 2 rings (SSSR count). The highest BCUT2D eigenvalue weighted by molar-refractivity contribution is 5.15. The lowest BCUT2D eigenvalue weighted by Gasteiger charge is -2.37. The maximum atomic E-state index is 5.95. The Morgan fingerprint density at radius 2 is 2.15 bits per heavy atom. The van der Waals surface area contributed by atoms with E-state index in [2.05, 4.69) is 23.7 Å². The second-order valence-corrected chi connectivity index (χ2v) is 5.96. The smallest absolute Gasteiger partial charge is 0.137 e. The minimum Gasteiger partial charge on any atom is -0.492 e. The van der Waals surface area contributed by atoms with Gasteiger partial charge in [-0.15, -0.1) is 0 Å². The van der Waals surface area contributed by atoms with Gasteiger partial charge in [0.2, 0.25) is 0 Å². The van der Waals surface area contributed by atoms with Gasteiger partial charge in [0.25, 0.3) is 0 Å². The topological polar surface area (TPSA) is 51.4 Å². The van der Waals surface area contributed by atoms with Crippen LogP contribution < -0.4 is 10.5 Å². The molecule has 0 aliphatic carbocycles. The van der Waals surface area contributed by atoms with E-state index >= 15 is 0 Å².